The average Bonchev–Trinajstić information content (AvgIpc) is 2.03. The summed E-state index contributed by atoms with van der Waals surface area (Å²) in [7, 11) is 1.76. The van der Waals surface area contributed by atoms with Gasteiger partial charge in [-0.3, -0.25) is 4.98 Å². The summed E-state index contributed by atoms with van der Waals surface area (Å²) in [5, 5.41) is 3.84. The third-order valence-corrected chi connectivity index (χ3v) is 1.05. The predicted octanol–water partition coefficient (Wildman–Crippen LogP) is 0.635. The van der Waals surface area contributed by atoms with Crippen molar-refractivity contribution in [1.29, 1.82) is 0 Å². The number of hydrazone groups is 1. The Morgan fingerprint density at radius 2 is 2.20 bits per heavy atom. The minimum absolute atomic E-state index is 1.05. The van der Waals surface area contributed by atoms with Crippen LogP contribution >= 0.6 is 0 Å². The highest BCUT2D eigenvalue weighted by Gasteiger charge is 1.80. The van der Waals surface area contributed by atoms with E-state index in [0.29, 0.717) is 0 Å². The van der Waals surface area contributed by atoms with E-state index in [4.69, 9.17) is 0 Å². The van der Waals surface area contributed by atoms with Crippen LogP contribution in [-0.4, -0.2) is 18.2 Å². The van der Waals surface area contributed by atoms with Gasteiger partial charge in [-0.15, -0.1) is 0 Å². The highest BCUT2D eigenvalue weighted by molar-refractivity contribution is 5.78. The van der Waals surface area contributed by atoms with Crippen LogP contribution < -0.4 is 5.43 Å². The predicted molar refractivity (Wildman–Crippen MR) is 40.9 cm³/mol. The Hall–Kier alpha value is -1.38. The first-order chi connectivity index (χ1) is 4.93. The van der Waals surface area contributed by atoms with Gasteiger partial charge in [0, 0.05) is 19.4 Å². The van der Waals surface area contributed by atoms with E-state index in [1.807, 2.05) is 12.1 Å². The van der Waals surface area contributed by atoms with Crippen molar-refractivity contribution in [2.75, 3.05) is 7.05 Å². The van der Waals surface area contributed by atoms with Crippen molar-refractivity contribution in [1.82, 2.24) is 10.4 Å². The molecule has 0 saturated heterocycles. The van der Waals surface area contributed by atoms with Crippen LogP contribution in [0.4, 0.5) is 0 Å². The Morgan fingerprint density at radius 3 is 2.80 bits per heavy atom. The van der Waals surface area contributed by atoms with Crippen LogP contribution in [0.15, 0.2) is 29.6 Å². The van der Waals surface area contributed by atoms with E-state index < -0.39 is 0 Å². The summed E-state index contributed by atoms with van der Waals surface area (Å²) in [5.74, 6) is 0. The number of pyridine rings is 1. The van der Waals surface area contributed by atoms with Gasteiger partial charge in [0.2, 0.25) is 0 Å². The molecule has 1 aromatic heterocycles. The quantitative estimate of drug-likeness (QED) is 0.477. The van der Waals surface area contributed by atoms with Crippen LogP contribution in [0.2, 0.25) is 0 Å². The Kier molecular flexibility index (Phi) is 2.43. The van der Waals surface area contributed by atoms with E-state index >= 15 is 0 Å². The van der Waals surface area contributed by atoms with Crippen molar-refractivity contribution in [2.45, 2.75) is 0 Å². The first kappa shape index (κ1) is 6.74. The summed E-state index contributed by atoms with van der Waals surface area (Å²) in [6.45, 7) is 0. The summed E-state index contributed by atoms with van der Waals surface area (Å²) in [6, 6.07) is 3.78. The maximum absolute atomic E-state index is 3.87. The number of hydrogen-bond donors (Lipinski definition) is 1. The summed E-state index contributed by atoms with van der Waals surface area (Å²) < 4.78 is 0. The Bertz CT molecular complexity index is 205. The lowest BCUT2D eigenvalue weighted by atomic mass is 10.3. The van der Waals surface area contributed by atoms with Gasteiger partial charge < -0.3 is 5.43 Å². The van der Waals surface area contributed by atoms with Crippen molar-refractivity contribution in [3.8, 4) is 0 Å². The largest absolute Gasteiger partial charge is 0.313 e. The maximum atomic E-state index is 3.87. The smallest absolute Gasteiger partial charge is 0.0541 e. The van der Waals surface area contributed by atoms with Gasteiger partial charge in [0.1, 0.15) is 0 Å². The van der Waals surface area contributed by atoms with Gasteiger partial charge in [-0.05, 0) is 17.7 Å². The van der Waals surface area contributed by atoms with Gasteiger partial charge in [-0.25, -0.2) is 0 Å². The molecule has 52 valence electrons. The van der Waals surface area contributed by atoms with Crippen LogP contribution in [0.1, 0.15) is 5.56 Å². The SMILES string of the molecule is CN/N=C\c1ccncc1. The van der Waals surface area contributed by atoms with Crippen molar-refractivity contribution in [3.05, 3.63) is 30.1 Å². The highest BCUT2D eigenvalue weighted by Crippen LogP contribution is 1.89. The normalized spacial score (nSPS) is 10.1. The molecule has 0 aliphatic rings. The summed E-state index contributed by atoms with van der Waals surface area (Å²) in [4.78, 5) is 3.87. The van der Waals surface area contributed by atoms with Crippen molar-refractivity contribution < 1.29 is 0 Å². The second-order valence-electron chi connectivity index (χ2n) is 1.76. The third kappa shape index (κ3) is 1.85. The minimum Gasteiger partial charge on any atom is -0.313 e. The molecule has 3 nitrogen and oxygen atoms in total. The topological polar surface area (TPSA) is 37.3 Å². The van der Waals surface area contributed by atoms with Crippen LogP contribution in [0.25, 0.3) is 0 Å². The monoisotopic (exact) mass is 135 g/mol. The third-order valence-electron chi connectivity index (χ3n) is 1.05. The second kappa shape index (κ2) is 3.61. The van der Waals surface area contributed by atoms with Crippen molar-refractivity contribution in [3.63, 3.8) is 0 Å². The minimum atomic E-state index is 1.05. The van der Waals surface area contributed by atoms with Gasteiger partial charge in [0.25, 0.3) is 0 Å². The Balaban J connectivity index is 2.67. The van der Waals surface area contributed by atoms with Crippen molar-refractivity contribution in [2.24, 2.45) is 5.10 Å². The van der Waals surface area contributed by atoms with E-state index in [0.717, 1.165) is 5.56 Å². The molecule has 0 unspecified atom stereocenters. The Morgan fingerprint density at radius 1 is 1.50 bits per heavy atom. The number of rotatable bonds is 2. The molecular formula is C7H9N3. The molecule has 0 aromatic carbocycles. The maximum Gasteiger partial charge on any atom is 0.0541 e. The molecule has 1 rings (SSSR count). The van der Waals surface area contributed by atoms with Crippen molar-refractivity contribution >= 4 is 6.21 Å². The molecule has 10 heavy (non-hydrogen) atoms. The molecule has 0 fully saturated rings. The average molecular weight is 135 g/mol. The molecule has 0 spiro atoms. The molecule has 0 amide bonds. The lowest BCUT2D eigenvalue weighted by Crippen LogP contribution is -1.94. The molecule has 0 radical (unpaired) electrons. The molecule has 3 heteroatoms. The number of hydrogen-bond acceptors (Lipinski definition) is 3. The Labute approximate surface area is 59.8 Å². The number of aromatic nitrogens is 1. The molecule has 0 aliphatic heterocycles. The van der Waals surface area contributed by atoms with Crippen LogP contribution in [0.5, 0.6) is 0 Å². The molecule has 0 atom stereocenters. The molecule has 0 aliphatic carbocycles. The lowest BCUT2D eigenvalue weighted by molar-refractivity contribution is 0.908. The van der Waals surface area contributed by atoms with Gasteiger partial charge in [-0.1, -0.05) is 0 Å². The van der Waals surface area contributed by atoms with Gasteiger partial charge in [0.05, 0.1) is 6.21 Å². The molecule has 0 saturated carbocycles. The number of nitrogens with zero attached hydrogens (tertiary/aromatic N) is 2. The summed E-state index contributed by atoms with van der Waals surface area (Å²) in [6.07, 6.45) is 5.20. The van der Waals surface area contributed by atoms with E-state index in [1.165, 1.54) is 0 Å². The summed E-state index contributed by atoms with van der Waals surface area (Å²) >= 11 is 0. The fourth-order valence-corrected chi connectivity index (χ4v) is 0.589. The zero-order valence-corrected chi connectivity index (χ0v) is 5.78. The summed E-state index contributed by atoms with van der Waals surface area (Å²) in [5.41, 5.74) is 3.71. The van der Waals surface area contributed by atoms with E-state index in [-0.39, 0.29) is 0 Å². The van der Waals surface area contributed by atoms with Crippen LogP contribution in [0.3, 0.4) is 0 Å². The van der Waals surface area contributed by atoms with Gasteiger partial charge in [-0.2, -0.15) is 5.10 Å². The van der Waals surface area contributed by atoms with Crippen LogP contribution in [0, 0.1) is 0 Å². The molecular weight excluding hydrogens is 126 g/mol. The molecule has 1 aromatic rings. The van der Waals surface area contributed by atoms with E-state index in [2.05, 4.69) is 15.5 Å². The van der Waals surface area contributed by atoms with Crippen LogP contribution in [-0.2, 0) is 0 Å². The number of nitrogens with one attached hydrogen (secondary N) is 1. The molecule has 1 N–H and O–H groups in total. The van der Waals surface area contributed by atoms with E-state index in [9.17, 15) is 0 Å². The second-order valence-corrected chi connectivity index (χ2v) is 1.76. The first-order valence-corrected chi connectivity index (χ1v) is 3.03. The fraction of sp³-hybridized carbons (Fsp3) is 0.143. The zero-order chi connectivity index (χ0) is 7.23. The molecule has 0 bridgehead atoms. The lowest BCUT2D eigenvalue weighted by Gasteiger charge is -1.88. The fourth-order valence-electron chi connectivity index (χ4n) is 0.589. The zero-order valence-electron chi connectivity index (χ0n) is 5.78. The van der Waals surface area contributed by atoms with E-state index in [1.54, 1.807) is 25.7 Å². The van der Waals surface area contributed by atoms with Gasteiger partial charge in [0.15, 0.2) is 0 Å². The van der Waals surface area contributed by atoms with Gasteiger partial charge >= 0.3 is 0 Å². The highest BCUT2D eigenvalue weighted by atomic mass is 15.3. The standard InChI is InChI=1S/C7H9N3/c1-8-10-6-7-2-4-9-5-3-7/h2-6,8H,1H3/b10-6-. The molecule has 1 heterocycles. The first-order valence-electron chi connectivity index (χ1n) is 3.03.